The Morgan fingerprint density at radius 3 is 2.29 bits per heavy atom. The van der Waals surface area contributed by atoms with Crippen LogP contribution < -0.4 is 5.73 Å². The fraction of sp³-hybridized carbons (Fsp3) is 0.619. The number of nitrogens with zero attached hydrogens (tertiary/aromatic N) is 1. The lowest BCUT2D eigenvalue weighted by Crippen LogP contribution is -2.48. The largest absolute Gasteiger partial charge is 0.399 e. The van der Waals surface area contributed by atoms with Gasteiger partial charge in [-0.05, 0) is 63.1 Å². The van der Waals surface area contributed by atoms with E-state index in [9.17, 15) is 5.11 Å². The zero-order valence-electron chi connectivity index (χ0n) is 16.0. The molecule has 1 aromatic carbocycles. The second-order valence-electron chi connectivity index (χ2n) is 8.55. The predicted octanol–water partition coefficient (Wildman–Crippen LogP) is 4.12. The van der Waals surface area contributed by atoms with Gasteiger partial charge < -0.3 is 10.8 Å². The SMILES string of the molecule is CC(C)=CC(CC(C)(C)c1ccc(N)cc1)N1CCC(C)(O)CC1. The summed E-state index contributed by atoms with van der Waals surface area (Å²) in [5, 5.41) is 10.2. The van der Waals surface area contributed by atoms with E-state index in [1.165, 1.54) is 11.1 Å². The van der Waals surface area contributed by atoms with Crippen LogP contribution in [0.3, 0.4) is 0 Å². The minimum absolute atomic E-state index is 0.0737. The maximum Gasteiger partial charge on any atom is 0.0644 e. The first kappa shape index (κ1) is 19.0. The quantitative estimate of drug-likeness (QED) is 0.631. The van der Waals surface area contributed by atoms with Gasteiger partial charge in [0, 0.05) is 24.8 Å². The third kappa shape index (κ3) is 5.09. The van der Waals surface area contributed by atoms with Crippen molar-refractivity contribution >= 4 is 5.69 Å². The number of aliphatic hydroxyl groups is 1. The van der Waals surface area contributed by atoms with Gasteiger partial charge in [-0.2, -0.15) is 0 Å². The Morgan fingerprint density at radius 1 is 1.25 bits per heavy atom. The molecule has 3 heteroatoms. The molecule has 0 aromatic heterocycles. The highest BCUT2D eigenvalue weighted by Crippen LogP contribution is 2.33. The number of nitrogens with two attached hydrogens (primary N) is 1. The van der Waals surface area contributed by atoms with Gasteiger partial charge in [-0.15, -0.1) is 0 Å². The summed E-state index contributed by atoms with van der Waals surface area (Å²) in [6.07, 6.45) is 5.15. The van der Waals surface area contributed by atoms with Crippen LogP contribution in [0.5, 0.6) is 0 Å². The minimum Gasteiger partial charge on any atom is -0.399 e. The molecular weight excluding hydrogens is 296 g/mol. The van der Waals surface area contributed by atoms with Gasteiger partial charge in [-0.1, -0.05) is 37.6 Å². The monoisotopic (exact) mass is 330 g/mol. The van der Waals surface area contributed by atoms with Gasteiger partial charge in [0.1, 0.15) is 0 Å². The van der Waals surface area contributed by atoms with Crippen molar-refractivity contribution in [3.8, 4) is 0 Å². The normalized spacial score (nSPS) is 19.8. The third-order valence-electron chi connectivity index (χ3n) is 5.28. The molecule has 3 nitrogen and oxygen atoms in total. The van der Waals surface area contributed by atoms with Gasteiger partial charge in [0.15, 0.2) is 0 Å². The molecule has 1 aliphatic rings. The Labute approximate surface area is 147 Å². The van der Waals surface area contributed by atoms with Crippen LogP contribution in [0.4, 0.5) is 5.69 Å². The maximum atomic E-state index is 10.2. The van der Waals surface area contributed by atoms with Crippen LogP contribution in [0.15, 0.2) is 35.9 Å². The molecule has 2 rings (SSSR count). The Morgan fingerprint density at radius 2 is 1.79 bits per heavy atom. The highest BCUT2D eigenvalue weighted by Gasteiger charge is 2.33. The molecule has 3 N–H and O–H groups in total. The molecule has 0 bridgehead atoms. The van der Waals surface area contributed by atoms with Crippen molar-refractivity contribution in [3.05, 3.63) is 41.5 Å². The third-order valence-corrected chi connectivity index (χ3v) is 5.28. The van der Waals surface area contributed by atoms with Crippen LogP contribution in [-0.2, 0) is 5.41 Å². The van der Waals surface area contributed by atoms with E-state index < -0.39 is 5.60 Å². The number of piperidine rings is 1. The molecule has 1 aliphatic heterocycles. The molecule has 1 unspecified atom stereocenters. The molecule has 1 atom stereocenters. The van der Waals surface area contributed by atoms with Crippen LogP contribution in [0.2, 0.25) is 0 Å². The summed E-state index contributed by atoms with van der Waals surface area (Å²) in [5.41, 5.74) is 8.90. The van der Waals surface area contributed by atoms with Gasteiger partial charge in [0.25, 0.3) is 0 Å². The highest BCUT2D eigenvalue weighted by molar-refractivity contribution is 5.41. The Kier molecular flexibility index (Phi) is 5.77. The van der Waals surface area contributed by atoms with E-state index in [4.69, 9.17) is 5.73 Å². The number of anilines is 1. The van der Waals surface area contributed by atoms with Crippen LogP contribution in [-0.4, -0.2) is 34.7 Å². The number of allylic oxidation sites excluding steroid dienone is 1. The summed E-state index contributed by atoms with van der Waals surface area (Å²) < 4.78 is 0. The van der Waals surface area contributed by atoms with E-state index in [1.807, 2.05) is 19.1 Å². The van der Waals surface area contributed by atoms with Crippen molar-refractivity contribution in [1.29, 1.82) is 0 Å². The zero-order chi connectivity index (χ0) is 18.0. The first-order valence-corrected chi connectivity index (χ1v) is 9.07. The molecule has 0 saturated carbocycles. The first-order valence-electron chi connectivity index (χ1n) is 9.07. The van der Waals surface area contributed by atoms with Crippen molar-refractivity contribution in [3.63, 3.8) is 0 Å². The second-order valence-corrected chi connectivity index (χ2v) is 8.55. The summed E-state index contributed by atoms with van der Waals surface area (Å²) >= 11 is 0. The average molecular weight is 331 g/mol. The zero-order valence-corrected chi connectivity index (χ0v) is 16.0. The van der Waals surface area contributed by atoms with Gasteiger partial charge >= 0.3 is 0 Å². The molecule has 0 spiro atoms. The highest BCUT2D eigenvalue weighted by atomic mass is 16.3. The van der Waals surface area contributed by atoms with Gasteiger partial charge in [-0.3, -0.25) is 4.90 Å². The molecule has 1 heterocycles. The number of hydrogen-bond donors (Lipinski definition) is 2. The number of nitrogen functional groups attached to an aromatic ring is 1. The molecule has 24 heavy (non-hydrogen) atoms. The van der Waals surface area contributed by atoms with Crippen LogP contribution in [0, 0.1) is 0 Å². The van der Waals surface area contributed by atoms with E-state index in [-0.39, 0.29) is 5.41 Å². The molecule has 0 amide bonds. The fourth-order valence-corrected chi connectivity index (χ4v) is 3.59. The van der Waals surface area contributed by atoms with E-state index in [0.29, 0.717) is 6.04 Å². The number of hydrogen-bond acceptors (Lipinski definition) is 3. The fourth-order valence-electron chi connectivity index (χ4n) is 3.59. The molecule has 1 fully saturated rings. The lowest BCUT2D eigenvalue weighted by Gasteiger charge is -2.42. The number of rotatable bonds is 5. The van der Waals surface area contributed by atoms with Crippen molar-refractivity contribution < 1.29 is 5.11 Å². The van der Waals surface area contributed by atoms with Crippen molar-refractivity contribution in [1.82, 2.24) is 4.90 Å². The maximum absolute atomic E-state index is 10.2. The van der Waals surface area contributed by atoms with Crippen molar-refractivity contribution in [2.45, 2.75) is 70.9 Å². The minimum atomic E-state index is -0.501. The number of benzene rings is 1. The predicted molar refractivity (Wildman–Crippen MR) is 103 cm³/mol. The second kappa shape index (κ2) is 7.28. The lowest BCUT2D eigenvalue weighted by atomic mass is 9.78. The van der Waals surface area contributed by atoms with Gasteiger partial charge in [-0.25, -0.2) is 0 Å². The van der Waals surface area contributed by atoms with Crippen LogP contribution in [0.1, 0.15) is 59.4 Å². The Hall–Kier alpha value is -1.32. The van der Waals surface area contributed by atoms with E-state index >= 15 is 0 Å². The van der Waals surface area contributed by atoms with Crippen LogP contribution in [0.25, 0.3) is 0 Å². The number of likely N-dealkylation sites (tertiary alicyclic amines) is 1. The van der Waals surface area contributed by atoms with E-state index in [2.05, 4.69) is 50.8 Å². The summed E-state index contributed by atoms with van der Waals surface area (Å²) in [4.78, 5) is 2.53. The Balaban J connectivity index is 2.16. The van der Waals surface area contributed by atoms with Crippen molar-refractivity contribution in [2.75, 3.05) is 18.8 Å². The van der Waals surface area contributed by atoms with E-state index in [0.717, 1.165) is 38.0 Å². The van der Waals surface area contributed by atoms with Gasteiger partial charge in [0.2, 0.25) is 0 Å². The van der Waals surface area contributed by atoms with Crippen LogP contribution >= 0.6 is 0 Å². The molecule has 1 aromatic rings. The summed E-state index contributed by atoms with van der Waals surface area (Å²) in [7, 11) is 0. The average Bonchev–Trinajstić information content (AvgIpc) is 2.46. The van der Waals surface area contributed by atoms with Gasteiger partial charge in [0.05, 0.1) is 5.60 Å². The smallest absolute Gasteiger partial charge is 0.0644 e. The Bertz CT molecular complexity index is 558. The molecule has 134 valence electrons. The molecule has 1 saturated heterocycles. The van der Waals surface area contributed by atoms with E-state index in [1.54, 1.807) is 0 Å². The lowest BCUT2D eigenvalue weighted by molar-refractivity contribution is -0.0140. The topological polar surface area (TPSA) is 49.5 Å². The summed E-state index contributed by atoms with van der Waals surface area (Å²) in [6, 6.07) is 8.68. The molecular formula is C21H34N2O. The molecule has 0 radical (unpaired) electrons. The molecule has 0 aliphatic carbocycles. The first-order chi connectivity index (χ1) is 11.1. The van der Waals surface area contributed by atoms with Crippen molar-refractivity contribution in [2.24, 2.45) is 0 Å². The standard InChI is InChI=1S/C21H34N2O/c1-16(2)14-19(23-12-10-21(5,24)11-13-23)15-20(3,4)17-6-8-18(22)9-7-17/h6-9,14,19,24H,10-13,15,22H2,1-5H3. The summed E-state index contributed by atoms with van der Waals surface area (Å²) in [6.45, 7) is 12.8. The summed E-state index contributed by atoms with van der Waals surface area (Å²) in [5.74, 6) is 0.